The van der Waals surface area contributed by atoms with Crippen LogP contribution in [0.25, 0.3) is 0 Å². The molecule has 0 bridgehead atoms. The Kier molecular flexibility index (Phi) is 3.12. The van der Waals surface area contributed by atoms with Gasteiger partial charge in [0.05, 0.1) is 6.04 Å². The van der Waals surface area contributed by atoms with E-state index in [1.807, 2.05) is 11.9 Å². The molecular formula is C11H21NS2. The maximum Gasteiger partial charge on any atom is 0.0520 e. The monoisotopic (exact) mass is 231 g/mol. The van der Waals surface area contributed by atoms with Crippen LogP contribution in [-0.2, 0) is 0 Å². The second kappa shape index (κ2) is 3.91. The first-order valence-electron chi connectivity index (χ1n) is 5.67. The van der Waals surface area contributed by atoms with Crippen LogP contribution in [0.5, 0.6) is 0 Å². The Balaban J connectivity index is 2.09. The molecule has 0 aromatic carbocycles. The molecule has 1 nitrogen and oxygen atoms in total. The van der Waals surface area contributed by atoms with Crippen LogP contribution in [0.2, 0.25) is 0 Å². The van der Waals surface area contributed by atoms with E-state index >= 15 is 0 Å². The third-order valence-electron chi connectivity index (χ3n) is 4.02. The van der Waals surface area contributed by atoms with Gasteiger partial charge >= 0.3 is 0 Å². The molecule has 1 saturated heterocycles. The average molecular weight is 231 g/mol. The first kappa shape index (κ1) is 11.2. The summed E-state index contributed by atoms with van der Waals surface area (Å²) < 4.78 is 3.22. The zero-order chi connectivity index (χ0) is 10.3. The van der Waals surface area contributed by atoms with Crippen molar-refractivity contribution in [3.05, 3.63) is 0 Å². The molecule has 0 radical (unpaired) electrons. The molecule has 0 amide bonds. The Morgan fingerprint density at radius 3 is 2.64 bits per heavy atom. The fraction of sp³-hybridized carbons (Fsp3) is 1.00. The summed E-state index contributed by atoms with van der Waals surface area (Å²) in [5, 5.41) is 0. The van der Waals surface area contributed by atoms with Gasteiger partial charge in [-0.15, -0.1) is 0 Å². The third-order valence-corrected chi connectivity index (χ3v) is 6.76. The summed E-state index contributed by atoms with van der Waals surface area (Å²) in [5.74, 6) is 2.14. The fourth-order valence-corrected chi connectivity index (χ4v) is 5.73. The van der Waals surface area contributed by atoms with E-state index in [0.29, 0.717) is 4.75 Å². The Labute approximate surface area is 96.5 Å². The molecule has 82 valence electrons. The molecule has 0 spiro atoms. The third kappa shape index (κ3) is 1.35. The first-order valence-corrected chi connectivity index (χ1v) is 7.84. The lowest BCUT2D eigenvalue weighted by Gasteiger charge is -2.34. The quantitative estimate of drug-likeness (QED) is 0.540. The van der Waals surface area contributed by atoms with Crippen molar-refractivity contribution in [3.63, 3.8) is 0 Å². The van der Waals surface area contributed by atoms with E-state index in [2.05, 4.69) is 43.1 Å². The minimum absolute atomic E-state index is 0.562. The highest BCUT2D eigenvalue weighted by Gasteiger charge is 2.66. The van der Waals surface area contributed by atoms with Crippen molar-refractivity contribution in [2.24, 2.45) is 5.92 Å². The molecule has 5 unspecified atom stereocenters. The molecule has 5 atom stereocenters. The molecule has 2 fully saturated rings. The van der Waals surface area contributed by atoms with Crippen molar-refractivity contribution in [2.75, 3.05) is 12.0 Å². The van der Waals surface area contributed by atoms with Crippen LogP contribution in [0.1, 0.15) is 33.6 Å². The minimum atomic E-state index is 0.562. The van der Waals surface area contributed by atoms with Crippen molar-refractivity contribution < 1.29 is 0 Å². The van der Waals surface area contributed by atoms with Gasteiger partial charge in [-0.25, -0.2) is 4.31 Å². The first-order chi connectivity index (χ1) is 6.71. The summed E-state index contributed by atoms with van der Waals surface area (Å²) in [7, 11) is 0. The van der Waals surface area contributed by atoms with Crippen molar-refractivity contribution in [1.29, 1.82) is 0 Å². The van der Waals surface area contributed by atoms with Crippen molar-refractivity contribution in [2.45, 2.75) is 50.4 Å². The van der Waals surface area contributed by atoms with Gasteiger partial charge in [0.1, 0.15) is 0 Å². The molecule has 1 saturated carbocycles. The predicted molar refractivity (Wildman–Crippen MR) is 67.9 cm³/mol. The predicted octanol–water partition coefficient (Wildman–Crippen LogP) is 3.26. The number of piperidine rings is 1. The standard InChI is InChI=1S/C11H21NS2/c1-5-11(13-4)8(3)7-9-10(11)12(9)14-6-2/h8-10H,5-7H2,1-4H3. The van der Waals surface area contributed by atoms with Gasteiger partial charge in [-0.3, -0.25) is 0 Å². The lowest BCUT2D eigenvalue weighted by Crippen LogP contribution is -2.36. The highest BCUT2D eigenvalue weighted by molar-refractivity contribution is 8.00. The Hall–Kier alpha value is 0.660. The highest BCUT2D eigenvalue weighted by Crippen LogP contribution is 2.61. The Morgan fingerprint density at radius 2 is 2.14 bits per heavy atom. The molecule has 1 aliphatic carbocycles. The summed E-state index contributed by atoms with van der Waals surface area (Å²) in [5.41, 5.74) is 0. The van der Waals surface area contributed by atoms with Crippen LogP contribution in [0.3, 0.4) is 0 Å². The number of hydrogen-bond donors (Lipinski definition) is 0. The van der Waals surface area contributed by atoms with E-state index in [9.17, 15) is 0 Å². The maximum absolute atomic E-state index is 2.65. The molecule has 1 heterocycles. The van der Waals surface area contributed by atoms with Crippen LogP contribution in [0.15, 0.2) is 0 Å². The molecular weight excluding hydrogens is 210 g/mol. The summed E-state index contributed by atoms with van der Waals surface area (Å²) in [4.78, 5) is 0. The SMILES string of the molecule is CCSN1C2CC(C)C(CC)(SC)C21. The Bertz CT molecular complexity index is 211. The van der Waals surface area contributed by atoms with Crippen molar-refractivity contribution >= 4 is 23.7 Å². The van der Waals surface area contributed by atoms with Gasteiger partial charge in [0.2, 0.25) is 0 Å². The minimum Gasteiger partial charge on any atom is -0.240 e. The zero-order valence-corrected chi connectivity index (χ0v) is 11.3. The lowest BCUT2D eigenvalue weighted by molar-refractivity contribution is 0.377. The largest absolute Gasteiger partial charge is 0.240 e. The van der Waals surface area contributed by atoms with Gasteiger partial charge in [0, 0.05) is 16.5 Å². The second-order valence-electron chi connectivity index (χ2n) is 4.44. The molecule has 2 aliphatic rings. The van der Waals surface area contributed by atoms with Gasteiger partial charge in [-0.2, -0.15) is 11.8 Å². The van der Waals surface area contributed by atoms with E-state index in [4.69, 9.17) is 0 Å². The van der Waals surface area contributed by atoms with Crippen LogP contribution in [-0.4, -0.2) is 33.1 Å². The van der Waals surface area contributed by atoms with Crippen LogP contribution >= 0.6 is 23.7 Å². The lowest BCUT2D eigenvalue weighted by atomic mass is 9.92. The van der Waals surface area contributed by atoms with Crippen molar-refractivity contribution in [1.82, 2.24) is 4.31 Å². The fourth-order valence-electron chi connectivity index (χ4n) is 3.23. The molecule has 1 aliphatic heterocycles. The van der Waals surface area contributed by atoms with Gasteiger partial charge in [0.15, 0.2) is 0 Å². The average Bonchev–Trinajstić information content (AvgIpc) is 2.77. The zero-order valence-electron chi connectivity index (χ0n) is 9.62. The van der Waals surface area contributed by atoms with E-state index in [-0.39, 0.29) is 0 Å². The van der Waals surface area contributed by atoms with Crippen LogP contribution in [0, 0.1) is 5.92 Å². The van der Waals surface area contributed by atoms with Gasteiger partial charge < -0.3 is 0 Å². The number of hydrogen-bond acceptors (Lipinski definition) is 3. The molecule has 0 aromatic heterocycles. The molecule has 2 rings (SSSR count). The smallest absolute Gasteiger partial charge is 0.0520 e. The Morgan fingerprint density at radius 1 is 1.43 bits per heavy atom. The van der Waals surface area contributed by atoms with Gasteiger partial charge in [-0.1, -0.05) is 32.7 Å². The normalized spacial score (nSPS) is 50.6. The summed E-state index contributed by atoms with van der Waals surface area (Å²) in [6, 6.07) is 1.78. The van der Waals surface area contributed by atoms with Crippen molar-refractivity contribution in [3.8, 4) is 0 Å². The van der Waals surface area contributed by atoms with Crippen LogP contribution in [0.4, 0.5) is 0 Å². The van der Waals surface area contributed by atoms with E-state index in [1.165, 1.54) is 18.6 Å². The van der Waals surface area contributed by atoms with E-state index in [1.54, 1.807) is 0 Å². The maximum atomic E-state index is 2.65. The van der Waals surface area contributed by atoms with E-state index < -0.39 is 0 Å². The van der Waals surface area contributed by atoms with Gasteiger partial charge in [0.25, 0.3) is 0 Å². The number of nitrogens with zero attached hydrogens (tertiary/aromatic N) is 1. The van der Waals surface area contributed by atoms with Crippen LogP contribution < -0.4 is 0 Å². The number of rotatable bonds is 4. The number of fused-ring (bicyclic) bond motifs is 1. The molecule has 0 aromatic rings. The topological polar surface area (TPSA) is 3.01 Å². The second-order valence-corrected chi connectivity index (χ2v) is 6.86. The molecule has 14 heavy (non-hydrogen) atoms. The summed E-state index contributed by atoms with van der Waals surface area (Å²) >= 11 is 4.16. The summed E-state index contributed by atoms with van der Waals surface area (Å²) in [6.07, 6.45) is 5.05. The number of thioether (sulfide) groups is 1. The summed E-state index contributed by atoms with van der Waals surface area (Å²) in [6.45, 7) is 7.07. The van der Waals surface area contributed by atoms with Gasteiger partial charge in [-0.05, 0) is 25.0 Å². The highest BCUT2D eigenvalue weighted by atomic mass is 32.2. The van der Waals surface area contributed by atoms with E-state index in [0.717, 1.165) is 18.0 Å². The molecule has 3 heteroatoms. The molecule has 0 N–H and O–H groups in total.